The van der Waals surface area contributed by atoms with Crippen LogP contribution in [-0.4, -0.2) is 172 Å². The SMILES string of the molecule is Cc1ccc(OCC(=O)N[C@@H]2CC[C@@H](C(=O)NCC(=O)CCCOC(F)(F)F)OC2)cc1.Cc1ccc(OCC(=O)N[C@@H]2CC[C@@H](C(=O)NN)OC2)cc1.Cc1ccc(OCC(=O)N[C@@H]2CC[C@@H](c3nnc(CCCOC(F)(F)F)o3)OC2)cc1.O=C(O)CCCOC(F)(F)F. The van der Waals surface area contributed by atoms with Gasteiger partial charge in [0, 0.05) is 19.3 Å². The van der Waals surface area contributed by atoms with Gasteiger partial charge in [0.15, 0.2) is 25.6 Å². The average Bonchev–Trinajstić information content (AvgIpc) is 1.66. The Hall–Kier alpha value is -8.22. The zero-order valence-electron chi connectivity index (χ0n) is 52.7. The van der Waals surface area contributed by atoms with E-state index in [1.54, 1.807) is 24.3 Å². The molecule has 3 fully saturated rings. The summed E-state index contributed by atoms with van der Waals surface area (Å²) in [5.41, 5.74) is 5.38. The molecule has 0 saturated carbocycles. The lowest BCUT2D eigenvalue weighted by Gasteiger charge is -2.28. The third-order valence-corrected chi connectivity index (χ3v) is 13.5. The Morgan fingerprint density at radius 3 is 1.27 bits per heavy atom. The van der Waals surface area contributed by atoms with Crippen LogP contribution in [0.2, 0.25) is 0 Å². The maximum atomic E-state index is 12.1. The number of carbonyl (C=O) groups is 7. The van der Waals surface area contributed by atoms with Gasteiger partial charge >= 0.3 is 25.1 Å². The Kier molecular flexibility index (Phi) is 34.8. The maximum absolute atomic E-state index is 12.1. The predicted molar refractivity (Wildman–Crippen MR) is 317 cm³/mol. The number of alkyl halides is 9. The number of nitrogens with two attached hydrogens (primary N) is 1. The van der Waals surface area contributed by atoms with Crippen molar-refractivity contribution in [1.82, 2.24) is 36.9 Å². The molecule has 3 aromatic carbocycles. The van der Waals surface area contributed by atoms with Gasteiger partial charge in [-0.1, -0.05) is 53.1 Å². The van der Waals surface area contributed by atoms with Gasteiger partial charge in [-0.25, -0.2) is 5.84 Å². The number of nitrogens with zero attached hydrogens (tertiary/aromatic N) is 2. The number of carbonyl (C=O) groups excluding carboxylic acids is 6. The molecule has 0 aliphatic carbocycles. The van der Waals surface area contributed by atoms with Crippen molar-refractivity contribution in [1.29, 1.82) is 0 Å². The summed E-state index contributed by atoms with van der Waals surface area (Å²) in [6, 6.07) is 21.7. The fraction of sp³-hybridized carbons (Fsp3) is 0.557. The lowest BCUT2D eigenvalue weighted by molar-refractivity contribution is -0.325. The monoisotopic (exact) mass is 1380 g/mol. The van der Waals surface area contributed by atoms with Gasteiger partial charge in [-0.3, -0.25) is 53.2 Å². The number of carboxylic acids is 1. The highest BCUT2D eigenvalue weighted by molar-refractivity contribution is 5.88. The number of aryl methyl sites for hydroxylation is 4. The number of benzene rings is 3. The minimum absolute atomic E-state index is 0.0493. The molecule has 0 bridgehead atoms. The molecule has 4 aromatic rings. The molecule has 6 atom stereocenters. The van der Waals surface area contributed by atoms with Gasteiger partial charge in [-0.15, -0.1) is 49.7 Å². The lowest BCUT2D eigenvalue weighted by atomic mass is 10.0. The van der Waals surface area contributed by atoms with Gasteiger partial charge in [0.1, 0.15) is 35.6 Å². The molecule has 3 saturated heterocycles. The Morgan fingerprint density at radius 1 is 0.521 bits per heavy atom. The molecule has 35 heteroatoms. The Balaban J connectivity index is 0.000000287. The van der Waals surface area contributed by atoms with E-state index < -0.39 is 74.9 Å². The first-order chi connectivity index (χ1) is 45.4. The van der Waals surface area contributed by atoms with Crippen LogP contribution < -0.4 is 46.7 Å². The van der Waals surface area contributed by atoms with E-state index >= 15 is 0 Å². The second-order valence-electron chi connectivity index (χ2n) is 21.7. The highest BCUT2D eigenvalue weighted by Crippen LogP contribution is 2.28. The highest BCUT2D eigenvalue weighted by Gasteiger charge is 2.33. The van der Waals surface area contributed by atoms with Gasteiger partial charge in [-0.2, -0.15) is 0 Å². The molecule has 534 valence electrons. The van der Waals surface area contributed by atoms with Crippen molar-refractivity contribution in [3.63, 3.8) is 0 Å². The normalized spacial score (nSPS) is 18.6. The van der Waals surface area contributed by atoms with Crippen LogP contribution in [0.25, 0.3) is 0 Å². The van der Waals surface area contributed by atoms with Gasteiger partial charge in [-0.05, 0) is 115 Å². The molecule has 1 aromatic heterocycles. The summed E-state index contributed by atoms with van der Waals surface area (Å²) < 4.78 is 154. The van der Waals surface area contributed by atoms with Gasteiger partial charge < -0.3 is 59.2 Å². The van der Waals surface area contributed by atoms with Crippen LogP contribution in [0.4, 0.5) is 39.5 Å². The van der Waals surface area contributed by atoms with E-state index in [-0.39, 0.29) is 138 Å². The fourth-order valence-electron chi connectivity index (χ4n) is 8.62. The van der Waals surface area contributed by atoms with Crippen LogP contribution in [0.1, 0.15) is 105 Å². The molecular formula is C61H79F9N8O18. The standard InChI is InChI=1S/C21H27F3N2O6.C20H24F3N3O5.C15H21N3O4.C5H7F3O3/c1-14-4-7-17(8-5-14)30-13-19(28)26-15-6-9-18(31-12-15)20(29)25-11-16(27)3-2-10-32-21(22,23)24;1-13-4-7-15(8-5-13)28-12-17(27)24-14-6-9-16(29-11-14)19-26-25-18(31-19)3-2-10-30-20(21,22)23;1-10-2-5-12(6-3-10)21-9-14(19)17-11-4-7-13(22-8-11)15(20)18-16;6-5(7,8)11-3-1-2-4(9)10/h4-5,7-8,15,18H,2-3,6,9-13H2,1H3,(H,25,29)(H,26,28);4-5,7-8,14,16H,2-3,6,9-12H2,1H3,(H,24,27);2-3,5-6,11,13H,4,7-9,16H2,1H3,(H,17,19)(H,18,20);1-3H2,(H,9,10)/t15-,18+;14-,16+;11-,13+;/m111./s1. The number of halogens is 9. The molecule has 5 amide bonds. The maximum Gasteiger partial charge on any atom is 0.522 e. The van der Waals surface area contributed by atoms with Gasteiger partial charge in [0.2, 0.25) is 17.7 Å². The van der Waals surface area contributed by atoms with Crippen molar-refractivity contribution < 1.29 is 125 Å². The number of aromatic nitrogens is 2. The van der Waals surface area contributed by atoms with Crippen molar-refractivity contribution >= 4 is 41.3 Å². The Labute approximate surface area is 545 Å². The summed E-state index contributed by atoms with van der Waals surface area (Å²) in [7, 11) is 0. The Bertz CT molecular complexity index is 2980. The minimum Gasteiger partial charge on any atom is -0.484 e. The van der Waals surface area contributed by atoms with E-state index in [9.17, 15) is 73.1 Å². The number of hydrazine groups is 1. The van der Waals surface area contributed by atoms with Crippen molar-refractivity contribution in [2.24, 2.45) is 5.84 Å². The largest absolute Gasteiger partial charge is 0.522 e. The van der Waals surface area contributed by atoms with Crippen molar-refractivity contribution in [3.8, 4) is 17.2 Å². The van der Waals surface area contributed by atoms with E-state index in [1.165, 1.54) is 0 Å². The van der Waals surface area contributed by atoms with Crippen molar-refractivity contribution in [3.05, 3.63) is 101 Å². The van der Waals surface area contributed by atoms with Crippen LogP contribution >= 0.6 is 0 Å². The van der Waals surface area contributed by atoms with Gasteiger partial charge in [0.25, 0.3) is 23.6 Å². The van der Waals surface area contributed by atoms with E-state index in [1.807, 2.05) is 69.3 Å². The molecule has 0 unspecified atom stereocenters. The number of carboxylic acid groups (broad SMARTS) is 1. The molecular weight excluding hydrogens is 1300 g/mol. The van der Waals surface area contributed by atoms with Crippen molar-refractivity contribution in [2.45, 2.75) is 153 Å². The topological polar surface area (TPSA) is 348 Å². The summed E-state index contributed by atoms with van der Waals surface area (Å²) >= 11 is 0. The molecule has 7 rings (SSSR count). The molecule has 0 spiro atoms. The first kappa shape index (κ1) is 80.2. The van der Waals surface area contributed by atoms with E-state index in [4.69, 9.17) is 43.8 Å². The van der Waals surface area contributed by atoms with Crippen molar-refractivity contribution in [2.75, 3.05) is 66.0 Å². The first-order valence-corrected chi connectivity index (χ1v) is 30.2. The molecule has 26 nitrogen and oxygen atoms in total. The third-order valence-electron chi connectivity index (χ3n) is 13.5. The lowest BCUT2D eigenvalue weighted by Crippen LogP contribution is -2.49. The number of ether oxygens (including phenoxy) is 9. The summed E-state index contributed by atoms with van der Waals surface area (Å²) in [5.74, 6) is 4.32. The number of aliphatic carboxylic acids is 1. The first-order valence-electron chi connectivity index (χ1n) is 30.2. The fourth-order valence-corrected chi connectivity index (χ4v) is 8.62. The van der Waals surface area contributed by atoms with Crippen LogP contribution in [0.15, 0.2) is 77.2 Å². The second kappa shape index (κ2) is 41.7. The van der Waals surface area contributed by atoms with Crippen LogP contribution in [-0.2, 0) is 68.4 Å². The molecule has 3 aliphatic heterocycles. The molecule has 0 radical (unpaired) electrons. The number of amides is 5. The zero-order valence-corrected chi connectivity index (χ0v) is 52.7. The highest BCUT2D eigenvalue weighted by atomic mass is 19.4. The zero-order chi connectivity index (χ0) is 70.7. The number of nitrogens with one attached hydrogen (secondary N) is 5. The number of hydrogen-bond donors (Lipinski definition) is 7. The van der Waals surface area contributed by atoms with Crippen LogP contribution in [0.3, 0.4) is 0 Å². The molecule has 96 heavy (non-hydrogen) atoms. The number of rotatable bonds is 29. The molecule has 8 N–H and O–H groups in total. The minimum atomic E-state index is -4.72. The summed E-state index contributed by atoms with van der Waals surface area (Å²) in [4.78, 5) is 80.8. The number of ketones is 1. The molecule has 4 heterocycles. The molecule has 3 aliphatic rings. The van der Waals surface area contributed by atoms with E-state index in [0.29, 0.717) is 55.8 Å². The smallest absolute Gasteiger partial charge is 0.484 e. The summed E-state index contributed by atoms with van der Waals surface area (Å²) in [6.07, 6.45) is -12.9. The Morgan fingerprint density at radius 2 is 0.906 bits per heavy atom. The van der Waals surface area contributed by atoms with E-state index in [2.05, 4.69) is 51.1 Å². The number of Topliss-reactive ketones (excluding diaryl/α,β-unsaturated/α-hetero) is 1. The average molecular weight is 1380 g/mol. The number of hydrogen-bond acceptors (Lipinski definition) is 20. The quantitative estimate of drug-likeness (QED) is 0.00975. The third kappa shape index (κ3) is 36.0. The van der Waals surface area contributed by atoms with Crippen LogP contribution in [0, 0.1) is 20.8 Å². The summed E-state index contributed by atoms with van der Waals surface area (Å²) in [5, 5.41) is 26.6. The second-order valence-corrected chi connectivity index (χ2v) is 21.7. The van der Waals surface area contributed by atoms with E-state index in [0.717, 1.165) is 16.7 Å². The van der Waals surface area contributed by atoms with Gasteiger partial charge in [0.05, 0.1) is 64.3 Å². The van der Waals surface area contributed by atoms with Crippen LogP contribution in [0.5, 0.6) is 17.2 Å². The summed E-state index contributed by atoms with van der Waals surface area (Å²) in [6.45, 7) is 4.34. The predicted octanol–water partition coefficient (Wildman–Crippen LogP) is 6.72.